The van der Waals surface area contributed by atoms with Crippen LogP contribution >= 0.6 is 0 Å². The highest BCUT2D eigenvalue weighted by Gasteiger charge is 2.70. The minimum atomic E-state index is -0.858. The van der Waals surface area contributed by atoms with Crippen LogP contribution in [0.3, 0.4) is 0 Å². The summed E-state index contributed by atoms with van der Waals surface area (Å²) in [4.78, 5) is 11.5. The van der Waals surface area contributed by atoms with Gasteiger partial charge in [0.15, 0.2) is 6.29 Å². The highest BCUT2D eigenvalue weighted by atomic mass is 16.7. The molecule has 0 bridgehead atoms. The predicted molar refractivity (Wildman–Crippen MR) is 182 cm³/mol. The van der Waals surface area contributed by atoms with Gasteiger partial charge in [0.1, 0.15) is 0 Å². The zero-order valence-electron chi connectivity index (χ0n) is 29.7. The largest absolute Gasteiger partial charge is 0.478 e. The Morgan fingerprint density at radius 3 is 2.20 bits per heavy atom. The normalized spacial score (nSPS) is 42.0. The maximum absolute atomic E-state index is 11.5. The summed E-state index contributed by atoms with van der Waals surface area (Å²) in [7, 11) is 3.51. The third kappa shape index (κ3) is 4.83. The van der Waals surface area contributed by atoms with Gasteiger partial charge in [0.25, 0.3) is 0 Å². The second kappa shape index (κ2) is 11.5. The van der Waals surface area contributed by atoms with Crippen LogP contribution in [0, 0.1) is 57.2 Å². The molecule has 5 heteroatoms. The number of allylic oxidation sites excluding steroid dienone is 2. The Morgan fingerprint density at radius 1 is 0.889 bits per heavy atom. The smallest absolute Gasteiger partial charge is 0.335 e. The zero-order chi connectivity index (χ0) is 32.6. The Kier molecular flexibility index (Phi) is 8.47. The van der Waals surface area contributed by atoms with Crippen molar-refractivity contribution in [1.82, 2.24) is 5.32 Å². The third-order valence-electron chi connectivity index (χ3n) is 15.5. The van der Waals surface area contributed by atoms with Crippen LogP contribution in [0.15, 0.2) is 30.3 Å². The summed E-state index contributed by atoms with van der Waals surface area (Å²) in [5, 5.41) is 13.6. The van der Waals surface area contributed by atoms with E-state index in [-0.39, 0.29) is 22.7 Å². The molecule has 0 aliphatic heterocycles. The fraction of sp³-hybridized carbons (Fsp3) is 0.775. The van der Waals surface area contributed by atoms with Gasteiger partial charge in [-0.3, -0.25) is 0 Å². The number of fused-ring (bicyclic) bond motifs is 7. The van der Waals surface area contributed by atoms with Crippen LogP contribution in [-0.2, 0) is 9.47 Å². The first-order valence-corrected chi connectivity index (χ1v) is 18.0. The standard InChI is InChI=1S/C40H61NO4/c1-25(2)28-16-21-40(41-24-33(44-8)45-9)23-22-38(6)30(34(28)40)14-15-32-37(5)19-17-29(26-10-12-27(13-11-26)35(42)43)36(3,4)31(37)18-20-39(32,38)7/h10-13,17,25,28,30-34,41H,14-16,18-24H2,1-9H3,(H,42,43)/t28-,30+,31-,32+,34+,37-,38+,39+,40-/m0/s1. The number of aromatic carboxylic acids is 1. The molecule has 0 spiro atoms. The number of rotatable bonds is 8. The highest BCUT2D eigenvalue weighted by molar-refractivity contribution is 5.88. The number of benzene rings is 1. The van der Waals surface area contributed by atoms with Gasteiger partial charge < -0.3 is 19.9 Å². The summed E-state index contributed by atoms with van der Waals surface area (Å²) in [5.74, 6) is 3.39. The van der Waals surface area contributed by atoms with E-state index in [0.717, 1.165) is 24.8 Å². The summed E-state index contributed by atoms with van der Waals surface area (Å²) < 4.78 is 11.3. The first kappa shape index (κ1) is 33.2. The summed E-state index contributed by atoms with van der Waals surface area (Å²) in [6.45, 7) is 18.8. The van der Waals surface area contributed by atoms with Gasteiger partial charge >= 0.3 is 5.97 Å². The molecule has 5 nitrogen and oxygen atoms in total. The summed E-state index contributed by atoms with van der Waals surface area (Å²) >= 11 is 0. The van der Waals surface area contributed by atoms with E-state index in [0.29, 0.717) is 40.1 Å². The Bertz CT molecular complexity index is 1300. The molecule has 0 aromatic heterocycles. The SMILES string of the molecule is COC(CN[C@]12CC[C@@H](C(C)C)[C@@H]1[C@H]1CC[C@@H]3[C@@]4(C)CC=C(c5ccc(C(=O)O)cc5)C(C)(C)[C@@H]4CC[C@@]3(C)[C@]1(C)CC2)OC. The van der Waals surface area contributed by atoms with Gasteiger partial charge in [-0.25, -0.2) is 4.79 Å². The fourth-order valence-corrected chi connectivity index (χ4v) is 13.1. The molecule has 0 saturated heterocycles. The number of methoxy groups -OCH3 is 2. The Morgan fingerprint density at radius 2 is 1.58 bits per heavy atom. The fourth-order valence-electron chi connectivity index (χ4n) is 13.1. The lowest BCUT2D eigenvalue weighted by molar-refractivity contribution is -0.222. The van der Waals surface area contributed by atoms with Crippen molar-refractivity contribution in [3.8, 4) is 0 Å². The lowest BCUT2D eigenvalue weighted by Gasteiger charge is -2.72. The van der Waals surface area contributed by atoms with Crippen molar-refractivity contribution >= 4 is 11.5 Å². The first-order chi connectivity index (χ1) is 21.2. The van der Waals surface area contributed by atoms with E-state index in [4.69, 9.17) is 9.47 Å². The van der Waals surface area contributed by atoms with Crippen LogP contribution < -0.4 is 5.32 Å². The highest BCUT2D eigenvalue weighted by Crippen LogP contribution is 2.76. The lowest BCUT2D eigenvalue weighted by atomic mass is 9.33. The molecule has 2 N–H and O–H groups in total. The van der Waals surface area contributed by atoms with Gasteiger partial charge in [-0.15, -0.1) is 0 Å². The van der Waals surface area contributed by atoms with Gasteiger partial charge in [-0.05, 0) is 138 Å². The van der Waals surface area contributed by atoms with Gasteiger partial charge in [0.2, 0.25) is 0 Å². The number of hydrogen-bond donors (Lipinski definition) is 2. The van der Waals surface area contributed by atoms with Crippen LogP contribution in [0.1, 0.15) is 122 Å². The summed E-state index contributed by atoms with van der Waals surface area (Å²) in [5.41, 5.74) is 4.12. The summed E-state index contributed by atoms with van der Waals surface area (Å²) in [6, 6.07) is 7.63. The Balaban J connectivity index is 1.32. The minimum absolute atomic E-state index is 0.0376. The van der Waals surface area contributed by atoms with E-state index in [9.17, 15) is 9.90 Å². The van der Waals surface area contributed by atoms with Crippen molar-refractivity contribution in [1.29, 1.82) is 0 Å². The van der Waals surface area contributed by atoms with Gasteiger partial charge in [0, 0.05) is 26.3 Å². The quantitative estimate of drug-likeness (QED) is 0.284. The number of ether oxygens (including phenoxy) is 2. The van der Waals surface area contributed by atoms with E-state index in [1.165, 1.54) is 62.5 Å². The average Bonchev–Trinajstić information content (AvgIpc) is 3.38. The molecule has 0 radical (unpaired) electrons. The number of hydrogen-bond acceptors (Lipinski definition) is 4. The van der Waals surface area contributed by atoms with Crippen LogP contribution in [0.4, 0.5) is 0 Å². The number of carboxylic acids is 1. The third-order valence-corrected chi connectivity index (χ3v) is 15.5. The van der Waals surface area contributed by atoms with Crippen molar-refractivity contribution < 1.29 is 19.4 Å². The molecule has 1 aromatic carbocycles. The lowest BCUT2D eigenvalue weighted by Crippen LogP contribution is -2.68. The maximum atomic E-state index is 11.5. The minimum Gasteiger partial charge on any atom is -0.478 e. The van der Waals surface area contributed by atoms with E-state index in [1.807, 2.05) is 12.1 Å². The molecule has 9 atom stereocenters. The maximum Gasteiger partial charge on any atom is 0.335 e. The van der Waals surface area contributed by atoms with E-state index in [1.54, 1.807) is 26.4 Å². The molecule has 250 valence electrons. The van der Waals surface area contributed by atoms with E-state index in [2.05, 4.69) is 59.9 Å². The molecule has 0 amide bonds. The Labute approximate surface area is 273 Å². The van der Waals surface area contributed by atoms with Crippen LogP contribution in [0.5, 0.6) is 0 Å². The van der Waals surface area contributed by atoms with Crippen LogP contribution in [-0.4, -0.2) is 43.7 Å². The molecule has 5 aliphatic carbocycles. The molecule has 6 rings (SSSR count). The van der Waals surface area contributed by atoms with Crippen LogP contribution in [0.25, 0.3) is 5.57 Å². The van der Waals surface area contributed by atoms with Crippen LogP contribution in [0.2, 0.25) is 0 Å². The van der Waals surface area contributed by atoms with E-state index >= 15 is 0 Å². The van der Waals surface area contributed by atoms with Crippen molar-refractivity contribution in [3.05, 3.63) is 41.5 Å². The number of nitrogens with one attached hydrogen (secondary N) is 1. The molecule has 0 unspecified atom stereocenters. The number of carbonyl (C=O) groups is 1. The second-order valence-electron chi connectivity index (χ2n) is 17.5. The van der Waals surface area contributed by atoms with Gasteiger partial charge in [-0.2, -0.15) is 0 Å². The monoisotopic (exact) mass is 619 g/mol. The zero-order valence-corrected chi connectivity index (χ0v) is 29.7. The Hall–Kier alpha value is -1.69. The van der Waals surface area contributed by atoms with E-state index < -0.39 is 5.97 Å². The molecule has 5 aliphatic rings. The van der Waals surface area contributed by atoms with Gasteiger partial charge in [0.05, 0.1) is 5.56 Å². The molecule has 4 saturated carbocycles. The first-order valence-electron chi connectivity index (χ1n) is 18.0. The molecular weight excluding hydrogens is 558 g/mol. The molecule has 0 heterocycles. The topological polar surface area (TPSA) is 67.8 Å². The molecule has 45 heavy (non-hydrogen) atoms. The number of carboxylic acid groups (broad SMARTS) is 1. The van der Waals surface area contributed by atoms with Gasteiger partial charge in [-0.1, -0.05) is 66.7 Å². The predicted octanol–water partition coefficient (Wildman–Crippen LogP) is 9.08. The molecular formula is C40H61NO4. The van der Waals surface area contributed by atoms with Crippen molar-refractivity contribution in [2.45, 2.75) is 118 Å². The van der Waals surface area contributed by atoms with Crippen molar-refractivity contribution in [2.24, 2.45) is 57.2 Å². The van der Waals surface area contributed by atoms with Crippen molar-refractivity contribution in [3.63, 3.8) is 0 Å². The summed E-state index contributed by atoms with van der Waals surface area (Å²) in [6.07, 6.45) is 13.9. The average molecular weight is 620 g/mol. The molecule has 1 aromatic rings. The van der Waals surface area contributed by atoms with Crippen molar-refractivity contribution in [2.75, 3.05) is 20.8 Å². The second-order valence-corrected chi connectivity index (χ2v) is 17.5. The molecule has 4 fully saturated rings.